The average molecular weight is 330 g/mol. The maximum absolute atomic E-state index is 12.3. The van der Waals surface area contributed by atoms with Crippen LogP contribution in [0.2, 0.25) is 0 Å². The van der Waals surface area contributed by atoms with Gasteiger partial charge < -0.3 is 15.4 Å². The Labute approximate surface area is 138 Å². The monoisotopic (exact) mass is 330 g/mol. The number of hydrogen-bond acceptors (Lipinski definition) is 5. The third-order valence-electron chi connectivity index (χ3n) is 3.26. The number of carbonyl (C=O) groups is 1. The summed E-state index contributed by atoms with van der Waals surface area (Å²) in [5.74, 6) is 0.119. The minimum absolute atomic E-state index is 0.385. The molecule has 2 atom stereocenters. The summed E-state index contributed by atoms with van der Waals surface area (Å²) in [4.78, 5) is 14.1. The highest BCUT2D eigenvalue weighted by Gasteiger charge is 2.42. The Hall–Kier alpha value is -1.89. The summed E-state index contributed by atoms with van der Waals surface area (Å²) in [5, 5.41) is -0.548. The molecule has 1 heterocycles. The van der Waals surface area contributed by atoms with Gasteiger partial charge in [0.15, 0.2) is 0 Å². The second-order valence-electron chi connectivity index (χ2n) is 4.73. The molecule has 6 heteroatoms. The van der Waals surface area contributed by atoms with Crippen LogP contribution >= 0.6 is 24.0 Å². The van der Waals surface area contributed by atoms with E-state index in [1.54, 1.807) is 17.0 Å². The largest absolute Gasteiger partial charge is 0.426 e. The lowest BCUT2D eigenvalue weighted by atomic mass is 10.2. The number of rotatable bonds is 3. The smallest absolute Gasteiger partial charge is 0.328 e. The van der Waals surface area contributed by atoms with Gasteiger partial charge in [-0.2, -0.15) is 0 Å². The predicted octanol–water partition coefficient (Wildman–Crippen LogP) is 2.78. The van der Waals surface area contributed by atoms with E-state index in [0.29, 0.717) is 10.1 Å². The molecule has 112 valence electrons. The number of thioether (sulfide) groups is 1. The van der Waals surface area contributed by atoms with E-state index in [-0.39, 0.29) is 5.97 Å². The molecule has 3 rings (SSSR count). The Balaban J connectivity index is 1.76. The molecule has 0 aromatic heterocycles. The third-order valence-corrected chi connectivity index (χ3v) is 4.87. The van der Waals surface area contributed by atoms with Gasteiger partial charge in [0.25, 0.3) is 0 Å². The van der Waals surface area contributed by atoms with Crippen molar-refractivity contribution in [2.24, 2.45) is 5.73 Å². The van der Waals surface area contributed by atoms with Crippen molar-refractivity contribution in [3.63, 3.8) is 0 Å². The van der Waals surface area contributed by atoms with Crippen LogP contribution in [0, 0.1) is 0 Å². The van der Waals surface area contributed by atoms with E-state index in [1.165, 1.54) is 11.8 Å². The molecular weight excluding hydrogens is 316 g/mol. The van der Waals surface area contributed by atoms with Crippen LogP contribution in [0.1, 0.15) is 0 Å². The Bertz CT molecular complexity index is 679. The Morgan fingerprint density at radius 1 is 1.09 bits per heavy atom. The fourth-order valence-electron chi connectivity index (χ4n) is 2.21. The molecule has 0 amide bonds. The zero-order chi connectivity index (χ0) is 15.5. The van der Waals surface area contributed by atoms with E-state index in [4.69, 9.17) is 22.7 Å². The summed E-state index contributed by atoms with van der Waals surface area (Å²) in [6.45, 7) is 0. The lowest BCUT2D eigenvalue weighted by Crippen LogP contribution is -2.47. The number of thiocarbonyl (C=S) groups is 1. The van der Waals surface area contributed by atoms with Crippen molar-refractivity contribution in [1.29, 1.82) is 0 Å². The molecule has 0 spiro atoms. The average Bonchev–Trinajstić information content (AvgIpc) is 2.84. The number of benzene rings is 2. The van der Waals surface area contributed by atoms with Crippen molar-refractivity contribution in [3.8, 4) is 5.75 Å². The Morgan fingerprint density at radius 2 is 1.68 bits per heavy atom. The maximum atomic E-state index is 12.3. The predicted molar refractivity (Wildman–Crippen MR) is 93.0 cm³/mol. The van der Waals surface area contributed by atoms with Gasteiger partial charge in [0.05, 0.1) is 0 Å². The van der Waals surface area contributed by atoms with E-state index in [2.05, 4.69) is 0 Å². The molecule has 0 radical (unpaired) electrons. The van der Waals surface area contributed by atoms with Gasteiger partial charge >= 0.3 is 5.97 Å². The van der Waals surface area contributed by atoms with Crippen LogP contribution in [0.3, 0.4) is 0 Å². The van der Waals surface area contributed by atoms with Crippen LogP contribution in [0.15, 0.2) is 60.7 Å². The van der Waals surface area contributed by atoms with Crippen molar-refractivity contribution >= 4 is 40.0 Å². The van der Waals surface area contributed by atoms with Crippen molar-refractivity contribution in [3.05, 3.63) is 60.7 Å². The van der Waals surface area contributed by atoms with Crippen LogP contribution < -0.4 is 15.4 Å². The normalized spacial score (nSPS) is 21.0. The molecule has 1 fully saturated rings. The van der Waals surface area contributed by atoms with E-state index < -0.39 is 11.4 Å². The summed E-state index contributed by atoms with van der Waals surface area (Å²) < 4.78 is 5.95. The van der Waals surface area contributed by atoms with Gasteiger partial charge in [-0.25, -0.2) is 0 Å². The van der Waals surface area contributed by atoms with E-state index in [0.717, 1.165) is 5.69 Å². The molecule has 1 aliphatic heterocycles. The molecule has 4 nitrogen and oxygen atoms in total. The van der Waals surface area contributed by atoms with Crippen molar-refractivity contribution < 1.29 is 9.53 Å². The molecule has 2 aromatic carbocycles. The van der Waals surface area contributed by atoms with Crippen LogP contribution in [0.25, 0.3) is 0 Å². The van der Waals surface area contributed by atoms with Crippen molar-refractivity contribution in [2.75, 3.05) is 4.90 Å². The minimum Gasteiger partial charge on any atom is -0.426 e. The van der Waals surface area contributed by atoms with E-state index >= 15 is 0 Å². The molecular formula is C16H14N2O2S2. The molecule has 0 saturated carbocycles. The van der Waals surface area contributed by atoms with Gasteiger partial charge in [-0.3, -0.25) is 4.79 Å². The lowest BCUT2D eigenvalue weighted by molar-refractivity contribution is -0.134. The van der Waals surface area contributed by atoms with Crippen molar-refractivity contribution in [1.82, 2.24) is 0 Å². The molecule has 2 unspecified atom stereocenters. The number of nitrogens with zero attached hydrogens (tertiary/aromatic N) is 1. The van der Waals surface area contributed by atoms with Gasteiger partial charge in [0, 0.05) is 5.69 Å². The summed E-state index contributed by atoms with van der Waals surface area (Å²) >= 11 is 6.62. The second kappa shape index (κ2) is 6.48. The van der Waals surface area contributed by atoms with E-state index in [1.807, 2.05) is 48.5 Å². The number of nitrogens with two attached hydrogens (primary N) is 1. The second-order valence-corrected chi connectivity index (χ2v) is 6.51. The van der Waals surface area contributed by atoms with Crippen LogP contribution in [-0.4, -0.2) is 21.7 Å². The van der Waals surface area contributed by atoms with Crippen molar-refractivity contribution in [2.45, 2.75) is 11.4 Å². The molecule has 1 saturated heterocycles. The first-order valence-electron chi connectivity index (χ1n) is 6.74. The number of ether oxygens (including phenoxy) is 1. The molecule has 2 aromatic rings. The fourth-order valence-corrected chi connectivity index (χ4v) is 3.71. The summed E-state index contributed by atoms with van der Waals surface area (Å²) in [6.07, 6.45) is -0.545. The van der Waals surface area contributed by atoms with Gasteiger partial charge in [0.2, 0.25) is 0 Å². The number of esters is 1. The fraction of sp³-hybridized carbons (Fsp3) is 0.125. The third kappa shape index (κ3) is 2.99. The Morgan fingerprint density at radius 3 is 2.32 bits per heavy atom. The number of hydrogen-bond donors (Lipinski definition) is 1. The van der Waals surface area contributed by atoms with Crippen LogP contribution in [0.5, 0.6) is 5.75 Å². The minimum atomic E-state index is -0.548. The SMILES string of the molecule is NC1C(C(=O)Oc2ccccc2)SC(=S)N1c1ccccc1. The number of carbonyl (C=O) groups excluding carboxylic acids is 1. The van der Waals surface area contributed by atoms with Crippen LogP contribution in [0.4, 0.5) is 5.69 Å². The quantitative estimate of drug-likeness (QED) is 0.530. The summed E-state index contributed by atoms with van der Waals surface area (Å²) in [6, 6.07) is 18.5. The zero-order valence-electron chi connectivity index (χ0n) is 11.6. The highest BCUT2D eigenvalue weighted by Crippen LogP contribution is 2.34. The number of para-hydroxylation sites is 2. The Kier molecular flexibility index (Phi) is 4.42. The first-order chi connectivity index (χ1) is 10.7. The molecule has 0 bridgehead atoms. The molecule has 2 N–H and O–H groups in total. The highest BCUT2D eigenvalue weighted by atomic mass is 32.2. The maximum Gasteiger partial charge on any atom is 0.328 e. The standard InChI is InChI=1S/C16H14N2O2S2/c17-14-13(15(19)20-12-9-5-2-6-10-12)22-16(21)18(14)11-7-3-1-4-8-11/h1-10,13-14H,17H2. The molecule has 22 heavy (non-hydrogen) atoms. The lowest BCUT2D eigenvalue weighted by Gasteiger charge is -2.24. The van der Waals surface area contributed by atoms with Crippen LogP contribution in [-0.2, 0) is 4.79 Å². The summed E-state index contributed by atoms with van der Waals surface area (Å²) in [5.41, 5.74) is 7.09. The van der Waals surface area contributed by atoms with Gasteiger partial charge in [-0.05, 0) is 24.3 Å². The zero-order valence-corrected chi connectivity index (χ0v) is 13.2. The topological polar surface area (TPSA) is 55.6 Å². The molecule has 1 aliphatic rings. The van der Waals surface area contributed by atoms with Gasteiger partial charge in [-0.15, -0.1) is 0 Å². The van der Waals surface area contributed by atoms with Gasteiger partial charge in [0.1, 0.15) is 21.5 Å². The summed E-state index contributed by atoms with van der Waals surface area (Å²) in [7, 11) is 0. The molecule has 0 aliphatic carbocycles. The number of anilines is 1. The van der Waals surface area contributed by atoms with Gasteiger partial charge in [-0.1, -0.05) is 60.4 Å². The highest BCUT2D eigenvalue weighted by molar-refractivity contribution is 8.24. The van der Waals surface area contributed by atoms with E-state index in [9.17, 15) is 4.79 Å². The first kappa shape index (κ1) is 15.0. The first-order valence-corrected chi connectivity index (χ1v) is 8.03.